The Morgan fingerprint density at radius 3 is 2.40 bits per heavy atom. The van der Waals surface area contributed by atoms with Gasteiger partial charge < -0.3 is 21.5 Å². The van der Waals surface area contributed by atoms with E-state index >= 15 is 0 Å². The molecule has 5 N–H and O–H groups in total. The van der Waals surface area contributed by atoms with Gasteiger partial charge in [0, 0.05) is 0 Å². The average molecular weight is 231 g/mol. The fourth-order valence-corrected chi connectivity index (χ4v) is 1.49. The van der Waals surface area contributed by atoms with Gasteiger partial charge in [0.05, 0.1) is 16.9 Å². The lowest BCUT2D eigenvalue weighted by molar-refractivity contribution is -0.124. The molecule has 0 spiro atoms. The van der Waals surface area contributed by atoms with Crippen molar-refractivity contribution in [3.8, 4) is 0 Å². The Labute approximate surface area is 92.3 Å². The van der Waals surface area contributed by atoms with E-state index in [2.05, 4.69) is 10.1 Å². The molecular weight excluding hydrogens is 218 g/mol. The molecule has 1 fully saturated rings. The standard InChI is InChI=1S/C8H13N3O3S/c9-5(15)8(1-2-8)6(12)11-3-4-14-7(10)13/h1-4H2,(H2,9,15)(H2,10,13)(H,11,12). The van der Waals surface area contributed by atoms with Crippen LogP contribution in [0.2, 0.25) is 0 Å². The van der Waals surface area contributed by atoms with E-state index in [4.69, 9.17) is 23.7 Å². The Hall–Kier alpha value is -1.37. The minimum absolute atomic E-state index is 0.0501. The molecule has 0 aromatic rings. The molecule has 15 heavy (non-hydrogen) atoms. The summed E-state index contributed by atoms with van der Waals surface area (Å²) in [5, 5.41) is 2.58. The molecule has 0 aromatic heterocycles. The average Bonchev–Trinajstić information content (AvgIpc) is 2.92. The Bertz CT molecular complexity index is 302. The zero-order valence-corrected chi connectivity index (χ0v) is 8.93. The Morgan fingerprint density at radius 1 is 1.40 bits per heavy atom. The van der Waals surface area contributed by atoms with Gasteiger partial charge in [0.25, 0.3) is 0 Å². The minimum Gasteiger partial charge on any atom is -0.448 e. The Kier molecular flexibility index (Phi) is 3.46. The SMILES string of the molecule is NC(=O)OCCNC(=O)C1(C(N)=S)CC1. The number of hydrogen-bond acceptors (Lipinski definition) is 4. The van der Waals surface area contributed by atoms with Crippen molar-refractivity contribution < 1.29 is 14.3 Å². The van der Waals surface area contributed by atoms with Crippen LogP contribution in [-0.2, 0) is 9.53 Å². The second kappa shape index (κ2) is 4.43. The topological polar surface area (TPSA) is 107 Å². The first-order chi connectivity index (χ1) is 6.99. The van der Waals surface area contributed by atoms with Gasteiger partial charge >= 0.3 is 6.09 Å². The number of rotatable bonds is 5. The normalized spacial score (nSPS) is 16.5. The number of amides is 2. The number of nitrogens with one attached hydrogen (secondary N) is 1. The van der Waals surface area contributed by atoms with E-state index in [1.165, 1.54) is 0 Å². The van der Waals surface area contributed by atoms with E-state index in [1.54, 1.807) is 0 Å². The summed E-state index contributed by atoms with van der Waals surface area (Å²) in [7, 11) is 0. The van der Waals surface area contributed by atoms with Crippen molar-refractivity contribution in [3.63, 3.8) is 0 Å². The molecule has 1 aliphatic rings. The molecule has 84 valence electrons. The van der Waals surface area contributed by atoms with Gasteiger partial charge in [0.15, 0.2) is 0 Å². The van der Waals surface area contributed by atoms with Crippen molar-refractivity contribution in [2.75, 3.05) is 13.2 Å². The summed E-state index contributed by atoms with van der Waals surface area (Å²) in [5.41, 5.74) is 9.53. The lowest BCUT2D eigenvalue weighted by Gasteiger charge is -2.13. The first-order valence-electron chi connectivity index (χ1n) is 4.49. The molecule has 6 nitrogen and oxygen atoms in total. The lowest BCUT2D eigenvalue weighted by Crippen LogP contribution is -2.41. The molecule has 0 aromatic carbocycles. The van der Waals surface area contributed by atoms with E-state index in [-0.39, 0.29) is 24.0 Å². The van der Waals surface area contributed by atoms with Gasteiger partial charge in [-0.3, -0.25) is 4.79 Å². The predicted octanol–water partition coefficient (Wildman–Crippen LogP) is -0.736. The smallest absolute Gasteiger partial charge is 0.404 e. The number of thiocarbonyl (C=S) groups is 1. The van der Waals surface area contributed by atoms with Gasteiger partial charge in [0.1, 0.15) is 6.61 Å². The lowest BCUT2D eigenvalue weighted by atomic mass is 10.1. The number of nitrogens with two attached hydrogens (primary N) is 2. The van der Waals surface area contributed by atoms with Gasteiger partial charge in [-0.25, -0.2) is 4.79 Å². The highest BCUT2D eigenvalue weighted by molar-refractivity contribution is 7.80. The number of hydrogen-bond donors (Lipinski definition) is 3. The van der Waals surface area contributed by atoms with E-state index in [1.807, 2.05) is 0 Å². The summed E-state index contributed by atoms with van der Waals surface area (Å²) in [4.78, 5) is 22.0. The zero-order valence-electron chi connectivity index (χ0n) is 8.12. The molecule has 0 atom stereocenters. The van der Waals surface area contributed by atoms with Crippen LogP contribution < -0.4 is 16.8 Å². The third-order valence-electron chi connectivity index (χ3n) is 2.29. The quantitative estimate of drug-likeness (QED) is 0.427. The van der Waals surface area contributed by atoms with Gasteiger partial charge in [-0.15, -0.1) is 0 Å². The molecule has 1 saturated carbocycles. The zero-order chi connectivity index (χ0) is 11.5. The largest absolute Gasteiger partial charge is 0.448 e. The van der Waals surface area contributed by atoms with Crippen molar-refractivity contribution in [1.29, 1.82) is 0 Å². The molecule has 0 heterocycles. The summed E-state index contributed by atoms with van der Waals surface area (Å²) in [6, 6.07) is 0. The van der Waals surface area contributed by atoms with Crippen molar-refractivity contribution >= 4 is 29.2 Å². The van der Waals surface area contributed by atoms with Gasteiger partial charge in [-0.05, 0) is 12.8 Å². The highest BCUT2D eigenvalue weighted by Gasteiger charge is 2.52. The summed E-state index contributed by atoms with van der Waals surface area (Å²) in [6.45, 7) is 0.265. The maximum Gasteiger partial charge on any atom is 0.404 e. The first kappa shape index (κ1) is 11.7. The van der Waals surface area contributed by atoms with Crippen LogP contribution in [0.1, 0.15) is 12.8 Å². The van der Waals surface area contributed by atoms with Gasteiger partial charge in [-0.1, -0.05) is 12.2 Å². The van der Waals surface area contributed by atoms with Crippen LogP contribution in [0.3, 0.4) is 0 Å². The summed E-state index contributed by atoms with van der Waals surface area (Å²) in [6.07, 6.45) is 0.509. The summed E-state index contributed by atoms with van der Waals surface area (Å²) in [5.74, 6) is -0.205. The van der Waals surface area contributed by atoms with Crippen LogP contribution in [0.5, 0.6) is 0 Å². The molecule has 1 rings (SSSR count). The maximum atomic E-state index is 11.6. The van der Waals surface area contributed by atoms with Gasteiger partial charge in [-0.2, -0.15) is 0 Å². The van der Waals surface area contributed by atoms with Crippen molar-refractivity contribution in [1.82, 2.24) is 5.32 Å². The van der Waals surface area contributed by atoms with Crippen LogP contribution in [0.25, 0.3) is 0 Å². The van der Waals surface area contributed by atoms with Crippen LogP contribution in [0.4, 0.5) is 4.79 Å². The molecule has 0 aliphatic heterocycles. The molecule has 0 radical (unpaired) electrons. The molecule has 1 aliphatic carbocycles. The van der Waals surface area contributed by atoms with E-state index < -0.39 is 11.5 Å². The third kappa shape index (κ3) is 2.79. The molecule has 7 heteroatoms. The number of primary amides is 1. The number of ether oxygens (including phenoxy) is 1. The number of carbonyl (C=O) groups is 2. The summed E-state index contributed by atoms with van der Waals surface area (Å²) >= 11 is 4.80. The van der Waals surface area contributed by atoms with Crippen molar-refractivity contribution in [3.05, 3.63) is 0 Å². The first-order valence-corrected chi connectivity index (χ1v) is 4.90. The molecule has 0 saturated heterocycles. The molecular formula is C8H13N3O3S. The molecule has 0 unspecified atom stereocenters. The van der Waals surface area contributed by atoms with Crippen LogP contribution in [0.15, 0.2) is 0 Å². The monoisotopic (exact) mass is 231 g/mol. The Morgan fingerprint density at radius 2 is 2.00 bits per heavy atom. The molecule has 2 amide bonds. The van der Waals surface area contributed by atoms with E-state index in [9.17, 15) is 9.59 Å². The number of carbonyl (C=O) groups excluding carboxylic acids is 2. The highest BCUT2D eigenvalue weighted by atomic mass is 32.1. The van der Waals surface area contributed by atoms with Crippen molar-refractivity contribution in [2.45, 2.75) is 12.8 Å². The van der Waals surface area contributed by atoms with E-state index in [0.29, 0.717) is 12.8 Å². The second-order valence-electron chi connectivity index (χ2n) is 3.37. The van der Waals surface area contributed by atoms with E-state index in [0.717, 1.165) is 0 Å². The highest BCUT2D eigenvalue weighted by Crippen LogP contribution is 2.46. The van der Waals surface area contributed by atoms with Crippen LogP contribution >= 0.6 is 12.2 Å². The predicted molar refractivity (Wildman–Crippen MR) is 57.0 cm³/mol. The maximum absolute atomic E-state index is 11.6. The van der Waals surface area contributed by atoms with Crippen LogP contribution in [0, 0.1) is 5.41 Å². The fourth-order valence-electron chi connectivity index (χ4n) is 1.20. The minimum atomic E-state index is -0.861. The second-order valence-corrected chi connectivity index (χ2v) is 3.81. The summed E-state index contributed by atoms with van der Waals surface area (Å²) < 4.78 is 4.45. The van der Waals surface area contributed by atoms with Crippen molar-refractivity contribution in [2.24, 2.45) is 16.9 Å². The third-order valence-corrected chi connectivity index (χ3v) is 2.68. The van der Waals surface area contributed by atoms with Crippen LogP contribution in [-0.4, -0.2) is 30.1 Å². The molecule has 0 bridgehead atoms. The Balaban J connectivity index is 2.25. The fraction of sp³-hybridized carbons (Fsp3) is 0.625. The van der Waals surface area contributed by atoms with Gasteiger partial charge in [0.2, 0.25) is 5.91 Å².